The number of methoxy groups -OCH3 is 1. The minimum atomic E-state index is -0.245. The Labute approximate surface area is 113 Å². The van der Waals surface area contributed by atoms with Crippen molar-refractivity contribution in [3.63, 3.8) is 0 Å². The van der Waals surface area contributed by atoms with E-state index in [-0.39, 0.29) is 17.2 Å². The van der Waals surface area contributed by atoms with Crippen LogP contribution in [0.1, 0.15) is 23.2 Å². The fourth-order valence-corrected chi connectivity index (χ4v) is 2.26. The normalized spacial score (nSPS) is 18.9. The van der Waals surface area contributed by atoms with Crippen LogP contribution in [-0.2, 0) is 0 Å². The molecule has 3 N–H and O–H groups in total. The van der Waals surface area contributed by atoms with Crippen LogP contribution < -0.4 is 15.4 Å². The van der Waals surface area contributed by atoms with Gasteiger partial charge in [0.15, 0.2) is 0 Å². The zero-order chi connectivity index (χ0) is 13.7. The number of rotatable bonds is 4. The van der Waals surface area contributed by atoms with Crippen LogP contribution in [0.2, 0.25) is 0 Å². The Kier molecular flexibility index (Phi) is 4.63. The second-order valence-electron chi connectivity index (χ2n) is 4.81. The van der Waals surface area contributed by atoms with Crippen molar-refractivity contribution in [3.8, 4) is 11.5 Å². The highest BCUT2D eigenvalue weighted by Crippen LogP contribution is 2.23. The van der Waals surface area contributed by atoms with E-state index in [0.29, 0.717) is 18.2 Å². The molecule has 0 bridgehead atoms. The highest BCUT2D eigenvalue weighted by Gasteiger charge is 2.16. The van der Waals surface area contributed by atoms with E-state index < -0.39 is 0 Å². The van der Waals surface area contributed by atoms with Crippen LogP contribution in [0.5, 0.6) is 11.5 Å². The summed E-state index contributed by atoms with van der Waals surface area (Å²) in [6, 6.07) is 4.68. The molecule has 1 unspecified atom stereocenters. The van der Waals surface area contributed by atoms with E-state index in [1.165, 1.54) is 13.2 Å². The number of piperidine rings is 1. The topological polar surface area (TPSA) is 70.6 Å². The third-order valence-corrected chi connectivity index (χ3v) is 3.40. The van der Waals surface area contributed by atoms with Gasteiger partial charge < -0.3 is 20.5 Å². The first-order chi connectivity index (χ1) is 9.20. The first-order valence-corrected chi connectivity index (χ1v) is 6.56. The van der Waals surface area contributed by atoms with Crippen molar-refractivity contribution in [1.82, 2.24) is 10.6 Å². The zero-order valence-electron chi connectivity index (χ0n) is 11.1. The van der Waals surface area contributed by atoms with E-state index in [9.17, 15) is 9.90 Å². The number of nitrogens with one attached hydrogen (secondary N) is 2. The Morgan fingerprint density at radius 2 is 2.42 bits per heavy atom. The second kappa shape index (κ2) is 6.43. The molecule has 1 aliphatic heterocycles. The summed E-state index contributed by atoms with van der Waals surface area (Å²) >= 11 is 0. The summed E-state index contributed by atoms with van der Waals surface area (Å²) in [4.78, 5) is 12.0. The van der Waals surface area contributed by atoms with E-state index in [1.807, 2.05) is 0 Å². The highest BCUT2D eigenvalue weighted by atomic mass is 16.5. The number of benzene rings is 1. The molecule has 0 radical (unpaired) electrons. The Balaban J connectivity index is 1.92. The van der Waals surface area contributed by atoms with Gasteiger partial charge in [0.2, 0.25) is 0 Å². The predicted molar refractivity (Wildman–Crippen MR) is 72.6 cm³/mol. The van der Waals surface area contributed by atoms with Gasteiger partial charge >= 0.3 is 0 Å². The van der Waals surface area contributed by atoms with E-state index in [0.717, 1.165) is 25.9 Å². The lowest BCUT2D eigenvalue weighted by molar-refractivity contribution is 0.0942. The Hall–Kier alpha value is -1.75. The third-order valence-electron chi connectivity index (χ3n) is 3.40. The zero-order valence-corrected chi connectivity index (χ0v) is 11.1. The summed E-state index contributed by atoms with van der Waals surface area (Å²) in [5.41, 5.74) is 0.282. The predicted octanol–water partition coefficient (Wildman–Crippen LogP) is 1.13. The number of hydrogen-bond donors (Lipinski definition) is 3. The fraction of sp³-hybridized carbons (Fsp3) is 0.500. The standard InChI is InChI=1S/C14H20N2O3/c1-19-11-4-5-12(13(17)7-11)14(18)16-9-10-3-2-6-15-8-10/h4-5,7,10,15,17H,2-3,6,8-9H2,1H3,(H,16,18). The largest absolute Gasteiger partial charge is 0.507 e. The fourth-order valence-electron chi connectivity index (χ4n) is 2.26. The number of carbonyl (C=O) groups excluding carboxylic acids is 1. The summed E-state index contributed by atoms with van der Waals surface area (Å²) in [5.74, 6) is 0.702. The van der Waals surface area contributed by atoms with Gasteiger partial charge in [0.25, 0.3) is 5.91 Å². The first kappa shape index (κ1) is 13.7. The molecular formula is C14H20N2O3. The maximum absolute atomic E-state index is 12.0. The van der Waals surface area contributed by atoms with Gasteiger partial charge in [0.05, 0.1) is 12.7 Å². The van der Waals surface area contributed by atoms with E-state index in [2.05, 4.69) is 10.6 Å². The van der Waals surface area contributed by atoms with Gasteiger partial charge in [-0.2, -0.15) is 0 Å². The summed E-state index contributed by atoms with van der Waals surface area (Å²) in [6.45, 7) is 2.63. The molecule has 1 fully saturated rings. The molecule has 19 heavy (non-hydrogen) atoms. The van der Waals surface area contributed by atoms with Crippen LogP contribution in [0.15, 0.2) is 18.2 Å². The van der Waals surface area contributed by atoms with E-state index in [4.69, 9.17) is 4.74 Å². The summed E-state index contributed by atoms with van der Waals surface area (Å²) in [7, 11) is 1.52. The van der Waals surface area contributed by atoms with Gasteiger partial charge in [0, 0.05) is 12.6 Å². The summed E-state index contributed by atoms with van der Waals surface area (Å²) < 4.78 is 4.98. The number of aromatic hydroxyl groups is 1. The molecule has 1 atom stereocenters. The van der Waals surface area contributed by atoms with Crippen molar-refractivity contribution in [2.45, 2.75) is 12.8 Å². The van der Waals surface area contributed by atoms with Crippen LogP contribution in [0.25, 0.3) is 0 Å². The summed E-state index contributed by atoms with van der Waals surface area (Å²) in [5, 5.41) is 16.0. The molecule has 5 heteroatoms. The SMILES string of the molecule is COc1ccc(C(=O)NCC2CCCNC2)c(O)c1. The molecule has 1 saturated heterocycles. The summed E-state index contributed by atoms with van der Waals surface area (Å²) in [6.07, 6.45) is 2.27. The average Bonchev–Trinajstić information content (AvgIpc) is 2.45. The van der Waals surface area contributed by atoms with Crippen molar-refractivity contribution < 1.29 is 14.6 Å². The maximum Gasteiger partial charge on any atom is 0.255 e. The van der Waals surface area contributed by atoms with Gasteiger partial charge in [-0.05, 0) is 44.0 Å². The van der Waals surface area contributed by atoms with Crippen LogP contribution >= 0.6 is 0 Å². The van der Waals surface area contributed by atoms with Crippen LogP contribution in [-0.4, -0.2) is 37.8 Å². The van der Waals surface area contributed by atoms with Crippen LogP contribution in [0.3, 0.4) is 0 Å². The molecule has 1 aromatic rings. The molecule has 0 aliphatic carbocycles. The van der Waals surface area contributed by atoms with Crippen LogP contribution in [0, 0.1) is 5.92 Å². The first-order valence-electron chi connectivity index (χ1n) is 6.56. The van der Waals surface area contributed by atoms with Crippen molar-refractivity contribution in [2.75, 3.05) is 26.7 Å². The number of phenols is 1. The molecule has 104 valence electrons. The lowest BCUT2D eigenvalue weighted by Crippen LogP contribution is -2.38. The minimum absolute atomic E-state index is 0.0568. The molecular weight excluding hydrogens is 244 g/mol. The van der Waals surface area contributed by atoms with E-state index in [1.54, 1.807) is 12.1 Å². The molecule has 0 spiro atoms. The Bertz CT molecular complexity index is 442. The average molecular weight is 264 g/mol. The third kappa shape index (κ3) is 3.61. The molecule has 1 heterocycles. The number of phenolic OH excluding ortho intramolecular Hbond substituents is 1. The van der Waals surface area contributed by atoms with Crippen molar-refractivity contribution in [3.05, 3.63) is 23.8 Å². The Morgan fingerprint density at radius 3 is 3.05 bits per heavy atom. The second-order valence-corrected chi connectivity index (χ2v) is 4.81. The maximum atomic E-state index is 12.0. The number of ether oxygens (including phenoxy) is 1. The lowest BCUT2D eigenvalue weighted by atomic mass is 9.99. The van der Waals surface area contributed by atoms with E-state index >= 15 is 0 Å². The molecule has 1 aromatic carbocycles. The van der Waals surface area contributed by atoms with Crippen molar-refractivity contribution >= 4 is 5.91 Å². The smallest absolute Gasteiger partial charge is 0.255 e. The Morgan fingerprint density at radius 1 is 1.58 bits per heavy atom. The quantitative estimate of drug-likeness (QED) is 0.762. The van der Waals surface area contributed by atoms with Crippen molar-refractivity contribution in [2.24, 2.45) is 5.92 Å². The molecule has 0 aromatic heterocycles. The molecule has 0 saturated carbocycles. The highest BCUT2D eigenvalue weighted by molar-refractivity contribution is 5.97. The number of hydrogen-bond acceptors (Lipinski definition) is 4. The number of carbonyl (C=O) groups is 1. The van der Waals surface area contributed by atoms with Crippen LogP contribution in [0.4, 0.5) is 0 Å². The van der Waals surface area contributed by atoms with Gasteiger partial charge in [-0.15, -0.1) is 0 Å². The minimum Gasteiger partial charge on any atom is -0.507 e. The molecule has 5 nitrogen and oxygen atoms in total. The number of amides is 1. The lowest BCUT2D eigenvalue weighted by Gasteiger charge is -2.22. The molecule has 2 rings (SSSR count). The van der Waals surface area contributed by atoms with Gasteiger partial charge in [-0.25, -0.2) is 0 Å². The van der Waals surface area contributed by atoms with Gasteiger partial charge in [-0.1, -0.05) is 0 Å². The molecule has 1 aliphatic rings. The van der Waals surface area contributed by atoms with Gasteiger partial charge in [0.1, 0.15) is 11.5 Å². The molecule has 1 amide bonds. The van der Waals surface area contributed by atoms with Gasteiger partial charge in [-0.3, -0.25) is 4.79 Å². The van der Waals surface area contributed by atoms with Crippen molar-refractivity contribution in [1.29, 1.82) is 0 Å². The monoisotopic (exact) mass is 264 g/mol.